The summed E-state index contributed by atoms with van der Waals surface area (Å²) in [6.45, 7) is 3.63. The van der Waals surface area contributed by atoms with Gasteiger partial charge in [0.2, 0.25) is 0 Å². The lowest BCUT2D eigenvalue weighted by atomic mass is 9.99. The van der Waals surface area contributed by atoms with Gasteiger partial charge in [-0.1, -0.05) is 6.92 Å². The van der Waals surface area contributed by atoms with Gasteiger partial charge in [0.15, 0.2) is 0 Å². The van der Waals surface area contributed by atoms with Crippen molar-refractivity contribution in [3.63, 3.8) is 0 Å². The molecule has 82 valence electrons. The summed E-state index contributed by atoms with van der Waals surface area (Å²) in [5.74, 6) is -0.140. The molecular weight excluding hydrogens is 262 g/mol. The number of hydrogen-bond acceptors (Lipinski definition) is 4. The standard InChI is InChI=1S/C9H12BrN3O2/c1-5(6(2)11)9-8(13(14)15)3-7(10)4-12-9/h3-6H,11H2,1-2H3. The average Bonchev–Trinajstić information content (AvgIpc) is 2.16. The third kappa shape index (κ3) is 2.73. The molecule has 0 aromatic carbocycles. The zero-order valence-corrected chi connectivity index (χ0v) is 10.1. The lowest BCUT2D eigenvalue weighted by molar-refractivity contribution is -0.386. The molecule has 0 aliphatic heterocycles. The summed E-state index contributed by atoms with van der Waals surface area (Å²) < 4.78 is 0.592. The number of pyridine rings is 1. The molecule has 0 saturated heterocycles. The van der Waals surface area contributed by atoms with Gasteiger partial charge in [-0.25, -0.2) is 0 Å². The number of nitro groups is 1. The van der Waals surface area contributed by atoms with Gasteiger partial charge in [-0.2, -0.15) is 0 Å². The molecule has 0 spiro atoms. The smallest absolute Gasteiger partial charge is 0.292 e. The van der Waals surface area contributed by atoms with Crippen molar-refractivity contribution in [3.05, 3.63) is 32.5 Å². The van der Waals surface area contributed by atoms with Gasteiger partial charge < -0.3 is 5.73 Å². The number of rotatable bonds is 3. The van der Waals surface area contributed by atoms with E-state index in [-0.39, 0.29) is 17.6 Å². The van der Waals surface area contributed by atoms with Gasteiger partial charge in [0.25, 0.3) is 5.69 Å². The summed E-state index contributed by atoms with van der Waals surface area (Å²) in [4.78, 5) is 14.4. The summed E-state index contributed by atoms with van der Waals surface area (Å²) in [5, 5.41) is 10.8. The largest absolute Gasteiger partial charge is 0.327 e. The van der Waals surface area contributed by atoms with Gasteiger partial charge in [0.05, 0.1) is 4.92 Å². The van der Waals surface area contributed by atoms with Crippen LogP contribution in [0, 0.1) is 10.1 Å². The van der Waals surface area contributed by atoms with Crippen molar-refractivity contribution in [2.45, 2.75) is 25.8 Å². The van der Waals surface area contributed by atoms with E-state index in [4.69, 9.17) is 5.73 Å². The fraction of sp³-hybridized carbons (Fsp3) is 0.444. The quantitative estimate of drug-likeness (QED) is 0.676. The molecule has 1 aromatic heterocycles. The summed E-state index contributed by atoms with van der Waals surface area (Å²) in [6, 6.07) is 1.28. The van der Waals surface area contributed by atoms with E-state index in [1.54, 1.807) is 13.1 Å². The first-order valence-corrected chi connectivity index (χ1v) is 5.28. The lowest BCUT2D eigenvalue weighted by Gasteiger charge is -2.14. The molecule has 0 saturated carbocycles. The molecule has 5 nitrogen and oxygen atoms in total. The predicted octanol–water partition coefficient (Wildman–Crippen LogP) is 2.20. The topological polar surface area (TPSA) is 82.0 Å². The molecule has 6 heteroatoms. The molecule has 15 heavy (non-hydrogen) atoms. The van der Waals surface area contributed by atoms with E-state index in [0.29, 0.717) is 10.2 Å². The maximum atomic E-state index is 10.8. The molecule has 2 atom stereocenters. The number of aromatic nitrogens is 1. The highest BCUT2D eigenvalue weighted by molar-refractivity contribution is 9.10. The van der Waals surface area contributed by atoms with Crippen molar-refractivity contribution in [2.75, 3.05) is 0 Å². The van der Waals surface area contributed by atoms with Crippen molar-refractivity contribution in [2.24, 2.45) is 5.73 Å². The maximum Gasteiger partial charge on any atom is 0.292 e. The Balaban J connectivity index is 3.22. The molecule has 0 amide bonds. The van der Waals surface area contributed by atoms with E-state index >= 15 is 0 Å². The van der Waals surface area contributed by atoms with Crippen molar-refractivity contribution in [1.29, 1.82) is 0 Å². The Bertz CT molecular complexity index is 382. The zero-order chi connectivity index (χ0) is 11.6. The Labute approximate surface area is 96.0 Å². The van der Waals surface area contributed by atoms with Crippen LogP contribution < -0.4 is 5.73 Å². The molecule has 0 radical (unpaired) electrons. The Hall–Kier alpha value is -1.01. The van der Waals surface area contributed by atoms with Crippen molar-refractivity contribution >= 4 is 21.6 Å². The van der Waals surface area contributed by atoms with Gasteiger partial charge >= 0.3 is 0 Å². The number of halogens is 1. The maximum absolute atomic E-state index is 10.8. The van der Waals surface area contributed by atoms with Crippen LogP contribution in [0.15, 0.2) is 16.7 Å². The SMILES string of the molecule is CC(N)C(C)c1ncc(Br)cc1[N+](=O)[O-]. The van der Waals surface area contributed by atoms with Crippen LogP contribution in [0.2, 0.25) is 0 Å². The van der Waals surface area contributed by atoms with Crippen LogP contribution in [0.25, 0.3) is 0 Å². The molecular formula is C9H12BrN3O2. The molecule has 0 fully saturated rings. The van der Waals surface area contributed by atoms with Crippen LogP contribution in [-0.4, -0.2) is 15.9 Å². The van der Waals surface area contributed by atoms with E-state index in [2.05, 4.69) is 20.9 Å². The fourth-order valence-electron chi connectivity index (χ4n) is 1.19. The van der Waals surface area contributed by atoms with Crippen LogP contribution in [0.5, 0.6) is 0 Å². The van der Waals surface area contributed by atoms with Gasteiger partial charge in [-0.05, 0) is 22.9 Å². The molecule has 1 rings (SSSR count). The first-order valence-electron chi connectivity index (χ1n) is 4.49. The van der Waals surface area contributed by atoms with E-state index in [9.17, 15) is 10.1 Å². The first-order chi connectivity index (χ1) is 6.93. The van der Waals surface area contributed by atoms with Gasteiger partial charge in [0, 0.05) is 28.7 Å². The molecule has 0 aliphatic rings. The molecule has 0 aliphatic carbocycles. The van der Waals surface area contributed by atoms with E-state index in [1.165, 1.54) is 6.07 Å². The average molecular weight is 274 g/mol. The van der Waals surface area contributed by atoms with E-state index in [1.807, 2.05) is 6.92 Å². The third-order valence-corrected chi connectivity index (χ3v) is 2.71. The monoisotopic (exact) mass is 273 g/mol. The second-order valence-electron chi connectivity index (χ2n) is 3.46. The summed E-state index contributed by atoms with van der Waals surface area (Å²) in [6.07, 6.45) is 1.54. The Kier molecular flexibility index (Phi) is 3.76. The van der Waals surface area contributed by atoms with Gasteiger partial charge in [-0.15, -0.1) is 0 Å². The van der Waals surface area contributed by atoms with Gasteiger partial charge in [0.1, 0.15) is 5.69 Å². The van der Waals surface area contributed by atoms with Crippen molar-refractivity contribution in [3.8, 4) is 0 Å². The fourth-order valence-corrected chi connectivity index (χ4v) is 1.50. The second-order valence-corrected chi connectivity index (χ2v) is 4.38. The lowest BCUT2D eigenvalue weighted by Crippen LogP contribution is -2.24. The zero-order valence-electron chi connectivity index (χ0n) is 8.48. The van der Waals surface area contributed by atoms with Crippen molar-refractivity contribution in [1.82, 2.24) is 4.98 Å². The molecule has 1 heterocycles. The van der Waals surface area contributed by atoms with Crippen LogP contribution >= 0.6 is 15.9 Å². The summed E-state index contributed by atoms with van der Waals surface area (Å²) in [7, 11) is 0. The number of nitrogens with zero attached hydrogens (tertiary/aromatic N) is 2. The van der Waals surface area contributed by atoms with Crippen LogP contribution in [0.3, 0.4) is 0 Å². The second kappa shape index (κ2) is 4.67. The number of hydrogen-bond donors (Lipinski definition) is 1. The Morgan fingerprint density at radius 1 is 1.60 bits per heavy atom. The normalized spacial score (nSPS) is 14.7. The Morgan fingerprint density at radius 3 is 2.67 bits per heavy atom. The minimum absolute atomic E-state index is 0.00850. The first kappa shape index (κ1) is 12.1. The molecule has 1 aromatic rings. The van der Waals surface area contributed by atoms with Crippen LogP contribution in [0.4, 0.5) is 5.69 Å². The van der Waals surface area contributed by atoms with E-state index < -0.39 is 4.92 Å². The summed E-state index contributed by atoms with van der Waals surface area (Å²) >= 11 is 3.15. The highest BCUT2D eigenvalue weighted by Gasteiger charge is 2.23. The molecule has 0 bridgehead atoms. The molecule has 2 unspecified atom stereocenters. The molecule has 2 N–H and O–H groups in total. The van der Waals surface area contributed by atoms with Crippen LogP contribution in [0.1, 0.15) is 25.5 Å². The van der Waals surface area contributed by atoms with Crippen LogP contribution in [-0.2, 0) is 0 Å². The minimum atomic E-state index is -0.439. The highest BCUT2D eigenvalue weighted by atomic mass is 79.9. The van der Waals surface area contributed by atoms with Gasteiger partial charge in [-0.3, -0.25) is 15.1 Å². The highest BCUT2D eigenvalue weighted by Crippen LogP contribution is 2.28. The summed E-state index contributed by atoms with van der Waals surface area (Å²) in [5.41, 5.74) is 6.14. The van der Waals surface area contributed by atoms with E-state index in [0.717, 1.165) is 0 Å². The predicted molar refractivity (Wildman–Crippen MR) is 60.7 cm³/mol. The minimum Gasteiger partial charge on any atom is -0.327 e. The number of nitrogens with two attached hydrogens (primary N) is 1. The third-order valence-electron chi connectivity index (χ3n) is 2.28. The Morgan fingerprint density at radius 2 is 2.20 bits per heavy atom. The van der Waals surface area contributed by atoms with Crippen molar-refractivity contribution < 1.29 is 4.92 Å².